The normalized spacial score (nSPS) is 14.9. The van der Waals surface area contributed by atoms with Crippen LogP contribution in [-0.4, -0.2) is 65.1 Å². The number of rotatable bonds is 5. The summed E-state index contributed by atoms with van der Waals surface area (Å²) in [6.07, 6.45) is 1.66. The van der Waals surface area contributed by atoms with Crippen molar-refractivity contribution < 1.29 is 4.79 Å². The third-order valence-corrected chi connectivity index (χ3v) is 3.95. The average molecular weight is 351 g/mol. The second-order valence-electron chi connectivity index (χ2n) is 5.73. The fourth-order valence-corrected chi connectivity index (χ4v) is 2.54. The molecule has 1 fully saturated rings. The summed E-state index contributed by atoms with van der Waals surface area (Å²) in [5.74, 6) is -0.182. The molecule has 2 N–H and O–H groups in total. The molecule has 0 unspecified atom stereocenters. The molecule has 0 radical (unpaired) electrons. The van der Waals surface area contributed by atoms with Crippen LogP contribution in [0.4, 0.5) is 0 Å². The summed E-state index contributed by atoms with van der Waals surface area (Å²) < 4.78 is 1.62. The monoisotopic (exact) mass is 350 g/mol. The van der Waals surface area contributed by atoms with Crippen molar-refractivity contribution in [2.75, 3.05) is 39.3 Å². The predicted molar refractivity (Wildman–Crippen MR) is 95.0 cm³/mol. The summed E-state index contributed by atoms with van der Waals surface area (Å²) in [6.45, 7) is 7.59. The highest BCUT2D eigenvalue weighted by atomic mass is 35.5. The molecule has 3 rings (SSSR count). The SMILES string of the molecule is Cc1ccc(-n2cc(C(=O)NCCN3CCNCC3)nn2)cc1.Cl. The van der Waals surface area contributed by atoms with Crippen LogP contribution in [0.2, 0.25) is 0 Å². The number of carbonyl (C=O) groups is 1. The van der Waals surface area contributed by atoms with Crippen molar-refractivity contribution in [3.63, 3.8) is 0 Å². The van der Waals surface area contributed by atoms with Crippen LogP contribution in [0.15, 0.2) is 30.5 Å². The Bertz CT molecular complexity index is 651. The van der Waals surface area contributed by atoms with Crippen molar-refractivity contribution in [2.45, 2.75) is 6.92 Å². The van der Waals surface area contributed by atoms with E-state index in [0.29, 0.717) is 12.2 Å². The quantitative estimate of drug-likeness (QED) is 0.827. The summed E-state index contributed by atoms with van der Waals surface area (Å²) in [7, 11) is 0. The van der Waals surface area contributed by atoms with Crippen molar-refractivity contribution in [3.05, 3.63) is 41.7 Å². The van der Waals surface area contributed by atoms with Gasteiger partial charge in [0, 0.05) is 39.3 Å². The summed E-state index contributed by atoms with van der Waals surface area (Å²) >= 11 is 0. The smallest absolute Gasteiger partial charge is 0.273 e. The second kappa shape index (κ2) is 8.77. The largest absolute Gasteiger partial charge is 0.349 e. The lowest BCUT2D eigenvalue weighted by Gasteiger charge is -2.26. The van der Waals surface area contributed by atoms with Gasteiger partial charge >= 0.3 is 0 Å². The van der Waals surface area contributed by atoms with Crippen LogP contribution < -0.4 is 10.6 Å². The average Bonchev–Trinajstić information content (AvgIpc) is 3.06. The van der Waals surface area contributed by atoms with Gasteiger partial charge in [0.2, 0.25) is 0 Å². The Morgan fingerprint density at radius 3 is 2.67 bits per heavy atom. The lowest BCUT2D eigenvalue weighted by atomic mass is 10.2. The summed E-state index contributed by atoms with van der Waals surface area (Å²) in [5, 5.41) is 14.2. The van der Waals surface area contributed by atoms with Gasteiger partial charge in [-0.25, -0.2) is 4.68 Å². The van der Waals surface area contributed by atoms with Crippen LogP contribution in [-0.2, 0) is 0 Å². The molecule has 2 aromatic rings. The summed E-state index contributed by atoms with van der Waals surface area (Å²) in [4.78, 5) is 14.5. The Hall–Kier alpha value is -1.96. The van der Waals surface area contributed by atoms with E-state index in [1.54, 1.807) is 10.9 Å². The molecule has 2 heterocycles. The fourth-order valence-electron chi connectivity index (χ4n) is 2.54. The summed E-state index contributed by atoms with van der Waals surface area (Å²) in [6, 6.07) is 7.92. The van der Waals surface area contributed by atoms with Crippen molar-refractivity contribution in [1.29, 1.82) is 0 Å². The molecule has 1 aromatic carbocycles. The van der Waals surface area contributed by atoms with Gasteiger partial charge < -0.3 is 10.6 Å². The number of benzene rings is 1. The first-order valence-electron chi connectivity index (χ1n) is 7.93. The van der Waals surface area contributed by atoms with Gasteiger partial charge in [-0.05, 0) is 19.1 Å². The standard InChI is InChI=1S/C16H22N6O.ClH/c1-13-2-4-14(5-3-13)22-12-15(19-20-22)16(23)18-8-11-21-9-6-17-7-10-21;/h2-5,12,17H,6-11H2,1H3,(H,18,23);1H. The number of carbonyl (C=O) groups excluding carboxylic acids is 1. The molecule has 1 aromatic heterocycles. The van der Waals surface area contributed by atoms with Crippen LogP contribution in [0.3, 0.4) is 0 Å². The van der Waals surface area contributed by atoms with Crippen LogP contribution in [0.5, 0.6) is 0 Å². The van der Waals surface area contributed by atoms with Gasteiger partial charge in [0.25, 0.3) is 5.91 Å². The minimum Gasteiger partial charge on any atom is -0.349 e. The maximum Gasteiger partial charge on any atom is 0.273 e. The van der Waals surface area contributed by atoms with E-state index < -0.39 is 0 Å². The van der Waals surface area contributed by atoms with E-state index in [0.717, 1.165) is 38.4 Å². The third kappa shape index (κ3) is 4.77. The molecule has 0 aliphatic carbocycles. The first-order chi connectivity index (χ1) is 11.2. The Labute approximate surface area is 147 Å². The van der Waals surface area contributed by atoms with E-state index in [1.807, 2.05) is 31.2 Å². The zero-order valence-electron chi connectivity index (χ0n) is 13.7. The van der Waals surface area contributed by atoms with E-state index in [2.05, 4.69) is 25.8 Å². The van der Waals surface area contributed by atoms with Crippen molar-refractivity contribution in [3.8, 4) is 5.69 Å². The highest BCUT2D eigenvalue weighted by Crippen LogP contribution is 2.08. The van der Waals surface area contributed by atoms with E-state index in [-0.39, 0.29) is 18.3 Å². The topological polar surface area (TPSA) is 75.1 Å². The first kappa shape index (κ1) is 18.4. The fraction of sp³-hybridized carbons (Fsp3) is 0.438. The number of aromatic nitrogens is 3. The van der Waals surface area contributed by atoms with E-state index in [1.165, 1.54) is 5.56 Å². The van der Waals surface area contributed by atoms with Gasteiger partial charge in [0.1, 0.15) is 0 Å². The molecule has 1 aliphatic rings. The van der Waals surface area contributed by atoms with Crippen LogP contribution in [0.1, 0.15) is 16.1 Å². The Morgan fingerprint density at radius 2 is 1.96 bits per heavy atom. The molecule has 0 atom stereocenters. The molecular weight excluding hydrogens is 328 g/mol. The van der Waals surface area contributed by atoms with E-state index in [9.17, 15) is 4.79 Å². The van der Waals surface area contributed by atoms with Gasteiger partial charge in [0.05, 0.1) is 11.9 Å². The Morgan fingerprint density at radius 1 is 1.25 bits per heavy atom. The number of piperazine rings is 1. The molecule has 24 heavy (non-hydrogen) atoms. The summed E-state index contributed by atoms with van der Waals surface area (Å²) in [5.41, 5.74) is 2.41. The van der Waals surface area contributed by atoms with Gasteiger partial charge in [-0.15, -0.1) is 17.5 Å². The number of halogens is 1. The minimum absolute atomic E-state index is 0. The molecule has 0 bridgehead atoms. The van der Waals surface area contributed by atoms with Crippen molar-refractivity contribution >= 4 is 18.3 Å². The zero-order valence-corrected chi connectivity index (χ0v) is 14.6. The molecular formula is C16H23ClN6O. The van der Waals surface area contributed by atoms with Gasteiger partial charge in [0.15, 0.2) is 5.69 Å². The van der Waals surface area contributed by atoms with Gasteiger partial charge in [-0.2, -0.15) is 0 Å². The highest BCUT2D eigenvalue weighted by Gasteiger charge is 2.13. The second-order valence-corrected chi connectivity index (χ2v) is 5.73. The molecule has 8 heteroatoms. The maximum atomic E-state index is 12.1. The Balaban J connectivity index is 0.00000208. The number of amides is 1. The number of nitrogens with zero attached hydrogens (tertiary/aromatic N) is 4. The minimum atomic E-state index is -0.182. The lowest BCUT2D eigenvalue weighted by molar-refractivity contribution is 0.0942. The van der Waals surface area contributed by atoms with Gasteiger partial charge in [-0.3, -0.25) is 9.69 Å². The highest BCUT2D eigenvalue weighted by molar-refractivity contribution is 5.91. The van der Waals surface area contributed by atoms with Gasteiger partial charge in [-0.1, -0.05) is 22.9 Å². The number of hydrogen-bond acceptors (Lipinski definition) is 5. The van der Waals surface area contributed by atoms with Crippen LogP contribution >= 0.6 is 12.4 Å². The molecule has 7 nitrogen and oxygen atoms in total. The molecule has 0 saturated carbocycles. The number of hydrogen-bond donors (Lipinski definition) is 2. The van der Waals surface area contributed by atoms with E-state index >= 15 is 0 Å². The predicted octanol–water partition coefficient (Wildman–Crippen LogP) is 0.633. The first-order valence-corrected chi connectivity index (χ1v) is 7.93. The third-order valence-electron chi connectivity index (χ3n) is 3.95. The molecule has 1 amide bonds. The van der Waals surface area contributed by atoms with Crippen molar-refractivity contribution in [2.24, 2.45) is 0 Å². The van der Waals surface area contributed by atoms with Crippen molar-refractivity contribution in [1.82, 2.24) is 30.5 Å². The van der Waals surface area contributed by atoms with E-state index in [4.69, 9.17) is 0 Å². The molecule has 0 spiro atoms. The lowest BCUT2D eigenvalue weighted by Crippen LogP contribution is -2.46. The molecule has 1 saturated heterocycles. The zero-order chi connectivity index (χ0) is 16.1. The number of nitrogens with one attached hydrogen (secondary N) is 2. The number of aryl methyl sites for hydroxylation is 1. The van der Waals surface area contributed by atoms with Crippen LogP contribution in [0.25, 0.3) is 5.69 Å². The maximum absolute atomic E-state index is 12.1. The molecule has 1 aliphatic heterocycles. The van der Waals surface area contributed by atoms with Crippen LogP contribution in [0, 0.1) is 6.92 Å². The molecule has 130 valence electrons. The Kier molecular flexibility index (Phi) is 6.72.